The van der Waals surface area contributed by atoms with Crippen molar-refractivity contribution in [1.29, 1.82) is 0 Å². The van der Waals surface area contributed by atoms with Crippen LogP contribution in [-0.2, 0) is 4.79 Å². The van der Waals surface area contributed by atoms with Gasteiger partial charge >= 0.3 is 0 Å². The zero-order valence-electron chi connectivity index (χ0n) is 9.69. The van der Waals surface area contributed by atoms with Gasteiger partial charge in [0.15, 0.2) is 5.78 Å². The lowest BCUT2D eigenvalue weighted by molar-refractivity contribution is -0.119. The van der Waals surface area contributed by atoms with E-state index in [1.165, 1.54) is 0 Å². The number of carbonyl (C=O) groups excluding carboxylic acids is 1. The third kappa shape index (κ3) is 1.38. The van der Waals surface area contributed by atoms with Crippen LogP contribution in [0.1, 0.15) is 31.7 Å². The quantitative estimate of drug-likeness (QED) is 0.745. The van der Waals surface area contributed by atoms with Crippen molar-refractivity contribution >= 4 is 11.5 Å². The van der Waals surface area contributed by atoms with E-state index in [2.05, 4.69) is 0 Å². The summed E-state index contributed by atoms with van der Waals surface area (Å²) in [4.78, 5) is 12.0. The standard InChI is InChI=1S/C14H14O3/c1-14-8-4-6-10(15)12(14)13(16)9-5-2-3-7-11(9)17-14/h2-3,5,7,16H,4,6,8H2,1H3. The molecule has 0 saturated heterocycles. The van der Waals surface area contributed by atoms with Crippen molar-refractivity contribution in [3.8, 4) is 5.75 Å². The fraction of sp³-hybridized carbons (Fsp3) is 0.357. The SMILES string of the molecule is CC12CCCC(=O)C1=C(O)c1ccccc1O2. The van der Waals surface area contributed by atoms with Crippen LogP contribution >= 0.6 is 0 Å². The number of aliphatic hydroxyl groups excluding tert-OH is 1. The third-order valence-electron chi connectivity index (χ3n) is 3.58. The van der Waals surface area contributed by atoms with Crippen LogP contribution < -0.4 is 4.74 Å². The Bertz CT molecular complexity index is 530. The number of carbonyl (C=O) groups is 1. The molecule has 1 aromatic carbocycles. The molecule has 1 saturated carbocycles. The molecule has 3 rings (SSSR count). The molecule has 1 aliphatic heterocycles. The van der Waals surface area contributed by atoms with Crippen molar-refractivity contribution in [3.05, 3.63) is 35.4 Å². The summed E-state index contributed by atoms with van der Waals surface area (Å²) >= 11 is 0. The summed E-state index contributed by atoms with van der Waals surface area (Å²) in [6, 6.07) is 7.30. The van der Waals surface area contributed by atoms with E-state index in [0.717, 1.165) is 12.8 Å². The number of rotatable bonds is 0. The number of aliphatic hydroxyl groups is 1. The number of Topliss-reactive ketones (excluding diaryl/α,β-unsaturated/α-hetero) is 1. The van der Waals surface area contributed by atoms with E-state index in [0.29, 0.717) is 23.3 Å². The third-order valence-corrected chi connectivity index (χ3v) is 3.58. The minimum Gasteiger partial charge on any atom is -0.507 e. The van der Waals surface area contributed by atoms with E-state index in [1.807, 2.05) is 25.1 Å². The number of hydrogen-bond donors (Lipinski definition) is 1. The molecule has 1 atom stereocenters. The molecule has 1 aliphatic carbocycles. The average Bonchev–Trinajstić information content (AvgIpc) is 2.28. The van der Waals surface area contributed by atoms with Crippen molar-refractivity contribution in [2.75, 3.05) is 0 Å². The molecule has 1 unspecified atom stereocenters. The highest BCUT2D eigenvalue weighted by atomic mass is 16.5. The molecular formula is C14H14O3. The van der Waals surface area contributed by atoms with Gasteiger partial charge in [-0.2, -0.15) is 0 Å². The van der Waals surface area contributed by atoms with Crippen LogP contribution in [-0.4, -0.2) is 16.5 Å². The molecule has 2 aliphatic rings. The molecule has 0 spiro atoms. The molecule has 1 aromatic rings. The van der Waals surface area contributed by atoms with Gasteiger partial charge in [0.25, 0.3) is 0 Å². The lowest BCUT2D eigenvalue weighted by atomic mass is 9.77. The second kappa shape index (κ2) is 3.36. The van der Waals surface area contributed by atoms with Gasteiger partial charge in [-0.25, -0.2) is 0 Å². The van der Waals surface area contributed by atoms with Crippen molar-refractivity contribution in [3.63, 3.8) is 0 Å². The van der Waals surface area contributed by atoms with Crippen LogP contribution in [0.15, 0.2) is 29.8 Å². The molecule has 0 aromatic heterocycles. The number of benzene rings is 1. The van der Waals surface area contributed by atoms with Gasteiger partial charge in [0.05, 0.1) is 11.1 Å². The zero-order chi connectivity index (χ0) is 12.0. The second-order valence-corrected chi connectivity index (χ2v) is 4.83. The number of hydrogen-bond acceptors (Lipinski definition) is 3. The Morgan fingerprint density at radius 3 is 2.94 bits per heavy atom. The van der Waals surface area contributed by atoms with Gasteiger partial charge < -0.3 is 9.84 Å². The van der Waals surface area contributed by atoms with E-state index < -0.39 is 5.60 Å². The fourth-order valence-electron chi connectivity index (χ4n) is 2.74. The summed E-state index contributed by atoms with van der Waals surface area (Å²) in [7, 11) is 0. The number of ketones is 1. The molecule has 0 radical (unpaired) electrons. The Kier molecular flexibility index (Phi) is 2.05. The fourth-order valence-corrected chi connectivity index (χ4v) is 2.74. The van der Waals surface area contributed by atoms with E-state index >= 15 is 0 Å². The van der Waals surface area contributed by atoms with Gasteiger partial charge in [-0.3, -0.25) is 4.79 Å². The largest absolute Gasteiger partial charge is 0.507 e. The van der Waals surface area contributed by atoms with Crippen molar-refractivity contribution < 1.29 is 14.6 Å². The van der Waals surface area contributed by atoms with Gasteiger partial charge in [-0.15, -0.1) is 0 Å². The Hall–Kier alpha value is -1.77. The molecule has 88 valence electrons. The molecule has 0 amide bonds. The first-order chi connectivity index (χ1) is 8.12. The maximum absolute atomic E-state index is 12.0. The first kappa shape index (κ1) is 10.4. The Morgan fingerprint density at radius 2 is 2.12 bits per heavy atom. The summed E-state index contributed by atoms with van der Waals surface area (Å²) in [5.74, 6) is 0.760. The van der Waals surface area contributed by atoms with Gasteiger partial charge in [0.2, 0.25) is 0 Å². The van der Waals surface area contributed by atoms with Crippen LogP contribution in [0.4, 0.5) is 0 Å². The molecule has 17 heavy (non-hydrogen) atoms. The molecule has 0 bridgehead atoms. The van der Waals surface area contributed by atoms with Crippen LogP contribution in [0.3, 0.4) is 0 Å². The minimum atomic E-state index is -0.659. The number of fused-ring (bicyclic) bond motifs is 2. The van der Waals surface area contributed by atoms with Crippen molar-refractivity contribution in [2.45, 2.75) is 31.8 Å². The van der Waals surface area contributed by atoms with E-state index in [4.69, 9.17) is 4.74 Å². The molecule has 1 heterocycles. The highest BCUT2D eigenvalue weighted by Gasteiger charge is 2.44. The lowest BCUT2D eigenvalue weighted by Gasteiger charge is -2.39. The van der Waals surface area contributed by atoms with Crippen molar-refractivity contribution in [2.24, 2.45) is 0 Å². The first-order valence-corrected chi connectivity index (χ1v) is 5.87. The monoisotopic (exact) mass is 230 g/mol. The summed E-state index contributed by atoms with van der Waals surface area (Å²) in [6.45, 7) is 1.88. The number of ether oxygens (including phenoxy) is 1. The lowest BCUT2D eigenvalue weighted by Crippen LogP contribution is -2.44. The Labute approximate surface area is 99.7 Å². The predicted octanol–water partition coefficient (Wildman–Crippen LogP) is 2.86. The van der Waals surface area contributed by atoms with Crippen LogP contribution in [0.2, 0.25) is 0 Å². The maximum atomic E-state index is 12.0. The minimum absolute atomic E-state index is 0.00533. The first-order valence-electron chi connectivity index (χ1n) is 5.87. The highest BCUT2D eigenvalue weighted by Crippen LogP contribution is 2.44. The van der Waals surface area contributed by atoms with E-state index in [1.54, 1.807) is 6.07 Å². The van der Waals surface area contributed by atoms with Crippen LogP contribution in [0.5, 0.6) is 5.75 Å². The topological polar surface area (TPSA) is 46.5 Å². The van der Waals surface area contributed by atoms with Gasteiger partial charge in [-0.1, -0.05) is 12.1 Å². The molecule has 1 fully saturated rings. The summed E-state index contributed by atoms with van der Waals surface area (Å²) in [6.07, 6.45) is 2.08. The molecular weight excluding hydrogens is 216 g/mol. The average molecular weight is 230 g/mol. The van der Waals surface area contributed by atoms with E-state index in [-0.39, 0.29) is 11.5 Å². The predicted molar refractivity (Wildman–Crippen MR) is 63.9 cm³/mol. The maximum Gasteiger partial charge on any atom is 0.166 e. The van der Waals surface area contributed by atoms with Gasteiger partial charge in [0.1, 0.15) is 17.1 Å². The second-order valence-electron chi connectivity index (χ2n) is 4.83. The summed E-state index contributed by atoms with van der Waals surface area (Å²) < 4.78 is 5.93. The van der Waals surface area contributed by atoms with Crippen LogP contribution in [0.25, 0.3) is 5.76 Å². The van der Waals surface area contributed by atoms with Gasteiger partial charge in [-0.05, 0) is 31.9 Å². The Balaban J connectivity index is 2.24. The highest BCUT2D eigenvalue weighted by molar-refractivity contribution is 6.05. The molecule has 3 nitrogen and oxygen atoms in total. The van der Waals surface area contributed by atoms with Crippen molar-refractivity contribution in [1.82, 2.24) is 0 Å². The summed E-state index contributed by atoms with van der Waals surface area (Å²) in [5, 5.41) is 10.3. The molecule has 1 N–H and O–H groups in total. The normalized spacial score (nSPS) is 27.2. The number of para-hydroxylation sites is 1. The van der Waals surface area contributed by atoms with E-state index in [9.17, 15) is 9.90 Å². The van der Waals surface area contributed by atoms with Crippen LogP contribution in [0, 0.1) is 0 Å². The van der Waals surface area contributed by atoms with Gasteiger partial charge in [0, 0.05) is 6.42 Å². The molecule has 3 heteroatoms. The smallest absolute Gasteiger partial charge is 0.166 e. The Morgan fingerprint density at radius 1 is 1.35 bits per heavy atom. The zero-order valence-corrected chi connectivity index (χ0v) is 9.69. The summed E-state index contributed by atoms with van der Waals surface area (Å²) in [5.41, 5.74) is 0.408.